The predicted octanol–water partition coefficient (Wildman–Crippen LogP) is 13.3. The van der Waals surface area contributed by atoms with Crippen LogP contribution in [0.1, 0.15) is 29.9 Å². The van der Waals surface area contributed by atoms with Crippen molar-refractivity contribution < 1.29 is 0 Å². The molecule has 0 bridgehead atoms. The van der Waals surface area contributed by atoms with Gasteiger partial charge in [-0.2, -0.15) is 0 Å². The minimum absolute atomic E-state index is 0.206. The van der Waals surface area contributed by atoms with Crippen molar-refractivity contribution in [3.8, 4) is 22.3 Å². The standard InChI is InChI=1S/C50H36N2/c1-3-12-33(13-4-1)34-22-24-38(25-23-34)51(40-27-29-48-45(31-40)43-19-9-10-21-47(43)52(48)37-16-5-2-6-17-37)39-26-28-42-44-20-11-15-36-30-35-14-7-8-18-41(35)50(49(36)44)46(42)32-39/h1-3,5-12,14-32,45,48H,4,13H2. The van der Waals surface area contributed by atoms with Crippen LogP contribution in [0.5, 0.6) is 0 Å². The Morgan fingerprint density at radius 2 is 1.44 bits per heavy atom. The number of nitrogens with zero attached hydrogens (tertiary/aromatic N) is 2. The molecule has 0 saturated carbocycles. The van der Waals surface area contributed by atoms with Crippen molar-refractivity contribution in [2.75, 3.05) is 9.80 Å². The van der Waals surface area contributed by atoms with Crippen LogP contribution in [0, 0.1) is 0 Å². The van der Waals surface area contributed by atoms with Crippen LogP contribution in [-0.2, 0) is 0 Å². The number of para-hydroxylation sites is 2. The predicted molar refractivity (Wildman–Crippen MR) is 220 cm³/mol. The first-order chi connectivity index (χ1) is 25.8. The molecule has 246 valence electrons. The highest BCUT2D eigenvalue weighted by molar-refractivity contribution is 6.24. The summed E-state index contributed by atoms with van der Waals surface area (Å²) in [4.78, 5) is 4.98. The molecule has 1 aliphatic heterocycles. The van der Waals surface area contributed by atoms with Gasteiger partial charge >= 0.3 is 0 Å². The molecule has 2 unspecified atom stereocenters. The summed E-state index contributed by atoms with van der Waals surface area (Å²) >= 11 is 0. The number of fused-ring (bicyclic) bond motifs is 8. The van der Waals surface area contributed by atoms with Gasteiger partial charge < -0.3 is 9.80 Å². The van der Waals surface area contributed by atoms with Crippen molar-refractivity contribution in [1.82, 2.24) is 0 Å². The Kier molecular flexibility index (Phi) is 6.54. The third-order valence-electron chi connectivity index (χ3n) is 11.5. The van der Waals surface area contributed by atoms with Crippen LogP contribution < -0.4 is 9.80 Å². The maximum absolute atomic E-state index is 2.51. The molecule has 0 radical (unpaired) electrons. The molecule has 0 fully saturated rings. The highest BCUT2D eigenvalue weighted by atomic mass is 15.2. The summed E-state index contributed by atoms with van der Waals surface area (Å²) in [7, 11) is 0. The zero-order valence-electron chi connectivity index (χ0n) is 28.8. The van der Waals surface area contributed by atoms with Gasteiger partial charge in [0.25, 0.3) is 0 Å². The molecule has 1 heterocycles. The molecule has 52 heavy (non-hydrogen) atoms. The van der Waals surface area contributed by atoms with Gasteiger partial charge in [-0.05, 0) is 128 Å². The number of benzene rings is 7. The van der Waals surface area contributed by atoms with Crippen LogP contribution in [-0.4, -0.2) is 6.04 Å². The molecule has 0 saturated heterocycles. The van der Waals surface area contributed by atoms with Gasteiger partial charge in [-0.15, -0.1) is 0 Å². The summed E-state index contributed by atoms with van der Waals surface area (Å²) in [5.41, 5.74) is 15.4. The van der Waals surface area contributed by atoms with Crippen LogP contribution >= 0.6 is 0 Å². The minimum atomic E-state index is 0.206. The summed E-state index contributed by atoms with van der Waals surface area (Å²) in [5.74, 6) is 0.216. The van der Waals surface area contributed by atoms with Crippen LogP contribution in [0.15, 0.2) is 188 Å². The van der Waals surface area contributed by atoms with Gasteiger partial charge in [0.15, 0.2) is 0 Å². The molecule has 2 heteroatoms. The molecule has 2 atom stereocenters. The van der Waals surface area contributed by atoms with E-state index in [2.05, 4.69) is 192 Å². The zero-order valence-corrected chi connectivity index (χ0v) is 28.8. The minimum Gasteiger partial charge on any atom is -0.333 e. The summed E-state index contributed by atoms with van der Waals surface area (Å²) in [5, 5.41) is 5.26. The van der Waals surface area contributed by atoms with Crippen molar-refractivity contribution in [1.29, 1.82) is 0 Å². The van der Waals surface area contributed by atoms with Crippen LogP contribution in [0.4, 0.5) is 22.7 Å². The molecule has 0 N–H and O–H groups in total. The molecular formula is C50H36N2. The van der Waals surface area contributed by atoms with E-state index >= 15 is 0 Å². The van der Waals surface area contributed by atoms with Gasteiger partial charge in [0.1, 0.15) is 0 Å². The third-order valence-corrected chi connectivity index (χ3v) is 11.5. The van der Waals surface area contributed by atoms with Crippen LogP contribution in [0.2, 0.25) is 0 Å². The maximum Gasteiger partial charge on any atom is 0.0631 e. The Morgan fingerprint density at radius 1 is 0.635 bits per heavy atom. The Labute approximate surface area is 304 Å². The Balaban J connectivity index is 1.08. The van der Waals surface area contributed by atoms with E-state index in [9.17, 15) is 0 Å². The van der Waals surface area contributed by atoms with Crippen molar-refractivity contribution in [2.24, 2.45) is 0 Å². The first kappa shape index (κ1) is 29.4. The largest absolute Gasteiger partial charge is 0.333 e. The first-order valence-corrected chi connectivity index (χ1v) is 18.5. The molecule has 0 spiro atoms. The fraction of sp³-hybridized carbons (Fsp3) is 0.0800. The molecule has 0 amide bonds. The van der Waals surface area contributed by atoms with E-state index in [4.69, 9.17) is 0 Å². The fourth-order valence-electron chi connectivity index (χ4n) is 9.23. The molecule has 11 rings (SSSR count). The quantitative estimate of drug-likeness (QED) is 0.169. The zero-order chi connectivity index (χ0) is 34.2. The SMILES string of the molecule is C1=CCCC(c2ccc(N(C3=CC4c5ccccc5N(c5ccccc5)C4C=C3)c3ccc4c(c3)-c3c5ccccc5cc5cccc-4c35)cc2)=C1. The van der Waals surface area contributed by atoms with Crippen LogP contribution in [0.3, 0.4) is 0 Å². The highest BCUT2D eigenvalue weighted by Gasteiger charge is 2.39. The Hall–Kier alpha value is -6.38. The normalized spacial score (nSPS) is 17.9. The van der Waals surface area contributed by atoms with Gasteiger partial charge in [0, 0.05) is 34.4 Å². The van der Waals surface area contributed by atoms with Gasteiger partial charge in [0.2, 0.25) is 0 Å². The molecule has 3 aliphatic carbocycles. The molecule has 7 aromatic rings. The summed E-state index contributed by atoms with van der Waals surface area (Å²) < 4.78 is 0. The smallest absolute Gasteiger partial charge is 0.0631 e. The molecule has 7 aromatic carbocycles. The van der Waals surface area contributed by atoms with Crippen molar-refractivity contribution in [3.63, 3.8) is 0 Å². The van der Waals surface area contributed by atoms with Crippen molar-refractivity contribution >= 4 is 49.9 Å². The van der Waals surface area contributed by atoms with Crippen molar-refractivity contribution in [2.45, 2.75) is 24.8 Å². The lowest BCUT2D eigenvalue weighted by Crippen LogP contribution is -2.30. The number of hydrogen-bond donors (Lipinski definition) is 0. The molecular weight excluding hydrogens is 629 g/mol. The second kappa shape index (κ2) is 11.6. The van der Waals surface area contributed by atoms with E-state index in [0.29, 0.717) is 0 Å². The van der Waals surface area contributed by atoms with Crippen LogP contribution in [0.25, 0.3) is 49.4 Å². The van der Waals surface area contributed by atoms with E-state index in [-0.39, 0.29) is 12.0 Å². The average molecular weight is 665 g/mol. The second-order valence-electron chi connectivity index (χ2n) is 14.4. The Bertz CT molecular complexity index is 2690. The molecule has 2 nitrogen and oxygen atoms in total. The first-order valence-electron chi connectivity index (χ1n) is 18.5. The maximum atomic E-state index is 2.51. The average Bonchev–Trinajstić information content (AvgIpc) is 3.73. The lowest BCUT2D eigenvalue weighted by molar-refractivity contribution is 0.736. The van der Waals surface area contributed by atoms with Gasteiger partial charge in [-0.25, -0.2) is 0 Å². The topological polar surface area (TPSA) is 6.48 Å². The highest BCUT2D eigenvalue weighted by Crippen LogP contribution is 2.53. The summed E-state index contributed by atoms with van der Waals surface area (Å²) in [6.07, 6.45) is 16.2. The van der Waals surface area contributed by atoms with Gasteiger partial charge in [-0.3, -0.25) is 0 Å². The van der Waals surface area contributed by atoms with E-state index in [1.807, 2.05) is 0 Å². The summed E-state index contributed by atoms with van der Waals surface area (Å²) in [6.45, 7) is 0. The van der Waals surface area contributed by atoms with Gasteiger partial charge in [0.05, 0.1) is 6.04 Å². The van der Waals surface area contributed by atoms with E-state index in [1.165, 1.54) is 83.3 Å². The summed E-state index contributed by atoms with van der Waals surface area (Å²) in [6, 6.07) is 54.3. The fourth-order valence-corrected chi connectivity index (χ4v) is 9.23. The van der Waals surface area contributed by atoms with E-state index in [0.717, 1.165) is 18.5 Å². The van der Waals surface area contributed by atoms with E-state index < -0.39 is 0 Å². The monoisotopic (exact) mass is 664 g/mol. The number of anilines is 4. The van der Waals surface area contributed by atoms with Gasteiger partial charge in [-0.1, -0.05) is 127 Å². The number of allylic oxidation sites excluding steroid dienone is 5. The number of hydrogen-bond acceptors (Lipinski definition) is 2. The lowest BCUT2D eigenvalue weighted by Gasteiger charge is -2.33. The lowest BCUT2D eigenvalue weighted by atomic mass is 9.89. The molecule has 0 aromatic heterocycles. The molecule has 4 aliphatic rings. The number of rotatable bonds is 5. The third kappa shape index (κ3) is 4.44. The van der Waals surface area contributed by atoms with E-state index in [1.54, 1.807) is 0 Å². The second-order valence-corrected chi connectivity index (χ2v) is 14.4. The van der Waals surface area contributed by atoms with Crippen molar-refractivity contribution in [3.05, 3.63) is 199 Å². The Morgan fingerprint density at radius 3 is 2.33 bits per heavy atom.